The van der Waals surface area contributed by atoms with Gasteiger partial charge in [-0.15, -0.1) is 11.3 Å². The Bertz CT molecular complexity index is 1080. The normalized spacial score (nSPS) is 22.9. The Labute approximate surface area is 180 Å². The number of nitrogens with one attached hydrogen (secondary N) is 2. The van der Waals surface area contributed by atoms with Crippen LogP contribution in [0.1, 0.15) is 53.6 Å². The number of thiophene rings is 1. The van der Waals surface area contributed by atoms with Gasteiger partial charge >= 0.3 is 0 Å². The van der Waals surface area contributed by atoms with E-state index in [1.165, 1.54) is 51.9 Å². The smallest absolute Gasteiger partial charge is 0.231 e. The first-order chi connectivity index (χ1) is 14.8. The first kappa shape index (κ1) is 18.5. The van der Waals surface area contributed by atoms with Gasteiger partial charge in [0.25, 0.3) is 0 Å². The fourth-order valence-corrected chi connectivity index (χ4v) is 6.08. The topological polar surface area (TPSA) is 68.3 Å². The van der Waals surface area contributed by atoms with Crippen LogP contribution in [0.5, 0.6) is 11.5 Å². The Morgan fingerprint density at radius 2 is 2.10 bits per heavy atom. The highest BCUT2D eigenvalue weighted by Crippen LogP contribution is 2.36. The third-order valence-corrected chi connectivity index (χ3v) is 7.68. The fraction of sp³-hybridized carbons (Fsp3) is 0.478. The molecule has 2 unspecified atom stereocenters. The van der Waals surface area contributed by atoms with Gasteiger partial charge in [0.1, 0.15) is 10.7 Å². The van der Waals surface area contributed by atoms with Gasteiger partial charge in [0.05, 0.1) is 6.04 Å². The number of ether oxygens (including phenoxy) is 2. The maximum atomic E-state index is 5.50. The average molecular weight is 423 g/mol. The standard InChI is InChI=1S/C23H26N4O2S/c1-2-4-21-16(3-1)17-12-26-22(27-23(17)30-21)18-10-15(7-8-24-18)25-11-14-5-6-19-20(9-14)29-13-28-19/h5-6,9,12,15,18,24-25H,1-4,7-8,10-11,13H2. The predicted octanol–water partition coefficient (Wildman–Crippen LogP) is 3.88. The van der Waals surface area contributed by atoms with Crippen molar-refractivity contribution >= 4 is 21.6 Å². The fourth-order valence-electron chi connectivity index (χ4n) is 4.84. The number of aromatic nitrogens is 2. The third kappa shape index (κ3) is 3.45. The van der Waals surface area contributed by atoms with Crippen LogP contribution in [0.4, 0.5) is 0 Å². The van der Waals surface area contributed by atoms with Gasteiger partial charge in [-0.25, -0.2) is 9.97 Å². The van der Waals surface area contributed by atoms with E-state index < -0.39 is 0 Å². The van der Waals surface area contributed by atoms with E-state index in [-0.39, 0.29) is 6.04 Å². The molecular weight excluding hydrogens is 396 g/mol. The monoisotopic (exact) mass is 422 g/mol. The molecule has 7 heteroatoms. The zero-order valence-corrected chi connectivity index (χ0v) is 17.8. The molecule has 1 fully saturated rings. The number of nitrogens with zero attached hydrogens (tertiary/aromatic N) is 2. The molecule has 1 aliphatic carbocycles. The van der Waals surface area contributed by atoms with Crippen molar-refractivity contribution in [2.75, 3.05) is 13.3 Å². The molecule has 0 spiro atoms. The van der Waals surface area contributed by atoms with Gasteiger partial charge in [-0.05, 0) is 68.3 Å². The molecule has 1 saturated heterocycles. The summed E-state index contributed by atoms with van der Waals surface area (Å²) in [7, 11) is 0. The number of piperidine rings is 1. The molecule has 6 rings (SSSR count). The molecule has 0 radical (unpaired) electrons. The van der Waals surface area contributed by atoms with E-state index in [0.29, 0.717) is 12.8 Å². The number of fused-ring (bicyclic) bond motifs is 4. The molecule has 156 valence electrons. The quantitative estimate of drug-likeness (QED) is 0.665. The second kappa shape index (κ2) is 7.80. The summed E-state index contributed by atoms with van der Waals surface area (Å²) in [6.45, 7) is 2.12. The molecule has 2 atom stereocenters. The van der Waals surface area contributed by atoms with Crippen LogP contribution in [0, 0.1) is 0 Å². The number of hydrogen-bond donors (Lipinski definition) is 2. The van der Waals surface area contributed by atoms with E-state index in [4.69, 9.17) is 19.4 Å². The second-order valence-electron chi connectivity index (χ2n) is 8.45. The van der Waals surface area contributed by atoms with Crippen LogP contribution in [0.2, 0.25) is 0 Å². The van der Waals surface area contributed by atoms with Gasteiger partial charge in [-0.3, -0.25) is 0 Å². The molecule has 0 amide bonds. The molecule has 3 aromatic rings. The van der Waals surface area contributed by atoms with Crippen LogP contribution < -0.4 is 20.1 Å². The second-order valence-corrected chi connectivity index (χ2v) is 9.54. The van der Waals surface area contributed by atoms with Gasteiger partial charge < -0.3 is 20.1 Å². The van der Waals surface area contributed by atoms with Crippen LogP contribution >= 0.6 is 11.3 Å². The minimum atomic E-state index is 0.205. The van der Waals surface area contributed by atoms with E-state index in [1.54, 1.807) is 0 Å². The Hall–Kier alpha value is -2.22. The van der Waals surface area contributed by atoms with Gasteiger partial charge in [0, 0.05) is 29.0 Å². The van der Waals surface area contributed by atoms with Crippen LogP contribution in [-0.4, -0.2) is 29.3 Å². The summed E-state index contributed by atoms with van der Waals surface area (Å²) < 4.78 is 10.9. The minimum absolute atomic E-state index is 0.205. The van der Waals surface area contributed by atoms with E-state index in [9.17, 15) is 0 Å². The molecule has 2 N–H and O–H groups in total. The summed E-state index contributed by atoms with van der Waals surface area (Å²) in [4.78, 5) is 12.5. The van der Waals surface area contributed by atoms with Crippen LogP contribution in [-0.2, 0) is 19.4 Å². The lowest BCUT2D eigenvalue weighted by Gasteiger charge is -2.30. The van der Waals surface area contributed by atoms with Crippen molar-refractivity contribution < 1.29 is 9.47 Å². The van der Waals surface area contributed by atoms with E-state index in [0.717, 1.165) is 43.3 Å². The van der Waals surface area contributed by atoms with Crippen LogP contribution in [0.3, 0.4) is 0 Å². The zero-order valence-electron chi connectivity index (χ0n) is 16.9. The molecule has 30 heavy (non-hydrogen) atoms. The summed E-state index contributed by atoms with van der Waals surface area (Å²) in [5.41, 5.74) is 2.73. The van der Waals surface area contributed by atoms with E-state index >= 15 is 0 Å². The van der Waals surface area contributed by atoms with Crippen molar-refractivity contribution in [1.29, 1.82) is 0 Å². The third-order valence-electron chi connectivity index (χ3n) is 6.48. The van der Waals surface area contributed by atoms with Gasteiger partial charge in [-0.2, -0.15) is 0 Å². The van der Waals surface area contributed by atoms with Crippen molar-refractivity contribution in [3.63, 3.8) is 0 Å². The maximum Gasteiger partial charge on any atom is 0.231 e. The molecular formula is C23H26N4O2S. The Morgan fingerprint density at radius 1 is 1.17 bits per heavy atom. The van der Waals surface area contributed by atoms with Gasteiger partial charge in [0.15, 0.2) is 11.5 Å². The summed E-state index contributed by atoms with van der Waals surface area (Å²) in [6, 6.07) is 6.82. The highest BCUT2D eigenvalue weighted by atomic mass is 32.1. The van der Waals surface area contributed by atoms with Gasteiger partial charge in [0.2, 0.25) is 6.79 Å². The molecule has 6 nitrogen and oxygen atoms in total. The molecule has 4 heterocycles. The Morgan fingerprint density at radius 3 is 3.10 bits per heavy atom. The van der Waals surface area contributed by atoms with Crippen molar-refractivity contribution in [3.8, 4) is 11.5 Å². The van der Waals surface area contributed by atoms with Crippen LogP contribution in [0.25, 0.3) is 10.2 Å². The van der Waals surface area contributed by atoms with Crippen molar-refractivity contribution in [2.45, 2.75) is 57.2 Å². The first-order valence-electron chi connectivity index (χ1n) is 11.0. The SMILES string of the molecule is c1cc2c(cc1CNC1CCNC(c3ncc4c5c(sc4n3)CCCC5)C1)OCO2. The van der Waals surface area contributed by atoms with E-state index in [2.05, 4.69) is 29.0 Å². The summed E-state index contributed by atoms with van der Waals surface area (Å²) in [6.07, 6.45) is 9.18. The molecule has 1 aromatic carbocycles. The Kier molecular flexibility index (Phi) is 4.82. The molecule has 0 saturated carbocycles. The number of aryl methyl sites for hydroxylation is 2. The van der Waals surface area contributed by atoms with Crippen LogP contribution in [0.15, 0.2) is 24.4 Å². The number of benzene rings is 1. The summed E-state index contributed by atoms with van der Waals surface area (Å²) >= 11 is 1.88. The molecule has 2 aliphatic heterocycles. The van der Waals surface area contributed by atoms with E-state index in [1.807, 2.05) is 17.4 Å². The maximum absolute atomic E-state index is 5.50. The summed E-state index contributed by atoms with van der Waals surface area (Å²) in [5.74, 6) is 2.62. The largest absolute Gasteiger partial charge is 0.454 e. The molecule has 0 bridgehead atoms. The minimum Gasteiger partial charge on any atom is -0.454 e. The number of rotatable bonds is 4. The summed E-state index contributed by atoms with van der Waals surface area (Å²) in [5, 5.41) is 8.63. The lowest BCUT2D eigenvalue weighted by molar-refractivity contribution is 0.174. The predicted molar refractivity (Wildman–Crippen MR) is 117 cm³/mol. The number of hydrogen-bond acceptors (Lipinski definition) is 7. The molecule has 3 aliphatic rings. The highest BCUT2D eigenvalue weighted by Gasteiger charge is 2.26. The average Bonchev–Trinajstić information content (AvgIpc) is 3.41. The van der Waals surface area contributed by atoms with Crippen molar-refractivity contribution in [3.05, 3.63) is 46.2 Å². The van der Waals surface area contributed by atoms with Crippen molar-refractivity contribution in [1.82, 2.24) is 20.6 Å². The lowest BCUT2D eigenvalue weighted by Crippen LogP contribution is -2.42. The Balaban J connectivity index is 1.14. The first-order valence-corrected chi connectivity index (χ1v) is 11.8. The molecule has 2 aromatic heterocycles. The lowest BCUT2D eigenvalue weighted by atomic mass is 9.97. The zero-order chi connectivity index (χ0) is 19.9. The van der Waals surface area contributed by atoms with Gasteiger partial charge in [-0.1, -0.05) is 6.07 Å². The highest BCUT2D eigenvalue weighted by molar-refractivity contribution is 7.18. The van der Waals surface area contributed by atoms with Crippen molar-refractivity contribution in [2.24, 2.45) is 0 Å².